The van der Waals surface area contributed by atoms with Gasteiger partial charge >= 0.3 is 0 Å². The number of aryl methyl sites for hydroxylation is 1. The average Bonchev–Trinajstić information content (AvgIpc) is 2.95. The van der Waals surface area contributed by atoms with E-state index in [9.17, 15) is 0 Å². The van der Waals surface area contributed by atoms with Crippen molar-refractivity contribution in [3.05, 3.63) is 54.9 Å². The third-order valence-electron chi connectivity index (χ3n) is 3.28. The number of para-hydroxylation sites is 1. The molecule has 3 rings (SSSR count). The lowest BCUT2D eigenvalue weighted by Gasteiger charge is -2.17. The zero-order valence-electron chi connectivity index (χ0n) is 11.9. The molecule has 1 atom stereocenters. The summed E-state index contributed by atoms with van der Waals surface area (Å²) in [6.45, 7) is 2.05. The molecular formula is C15H16N6. The molecule has 0 radical (unpaired) electrons. The Bertz CT molecular complexity index is 722. The molecule has 0 amide bonds. The van der Waals surface area contributed by atoms with Crippen LogP contribution in [0, 0.1) is 0 Å². The summed E-state index contributed by atoms with van der Waals surface area (Å²) in [6.07, 6.45) is 6.83. The Morgan fingerprint density at radius 2 is 2.05 bits per heavy atom. The Balaban J connectivity index is 1.92. The maximum atomic E-state index is 4.33. The number of nitrogens with zero attached hydrogens (tertiary/aromatic N) is 5. The van der Waals surface area contributed by atoms with E-state index in [0.717, 1.165) is 22.8 Å². The van der Waals surface area contributed by atoms with Crippen molar-refractivity contribution in [2.24, 2.45) is 7.05 Å². The van der Waals surface area contributed by atoms with Gasteiger partial charge in [-0.3, -0.25) is 9.97 Å². The standard InChI is InChI=1S/C15H16N6/c1-11(14-9-16-7-8-17-14)19-13-6-4-3-5-12(13)15-20-18-10-21(15)2/h3-11,19H,1-2H3. The molecule has 6 heteroatoms. The third-order valence-corrected chi connectivity index (χ3v) is 3.28. The number of benzene rings is 1. The lowest BCUT2D eigenvalue weighted by Crippen LogP contribution is -2.10. The molecule has 0 saturated heterocycles. The lowest BCUT2D eigenvalue weighted by molar-refractivity contribution is 0.827. The highest BCUT2D eigenvalue weighted by Gasteiger charge is 2.13. The van der Waals surface area contributed by atoms with Gasteiger partial charge in [-0.1, -0.05) is 12.1 Å². The third kappa shape index (κ3) is 2.74. The van der Waals surface area contributed by atoms with Gasteiger partial charge < -0.3 is 9.88 Å². The molecule has 0 bridgehead atoms. The van der Waals surface area contributed by atoms with Crippen LogP contribution in [0.2, 0.25) is 0 Å². The number of aromatic nitrogens is 5. The van der Waals surface area contributed by atoms with Gasteiger partial charge in [0.05, 0.1) is 17.9 Å². The van der Waals surface area contributed by atoms with Crippen LogP contribution in [0.4, 0.5) is 5.69 Å². The second kappa shape index (κ2) is 5.70. The van der Waals surface area contributed by atoms with Crippen LogP contribution in [0.3, 0.4) is 0 Å². The van der Waals surface area contributed by atoms with E-state index in [1.54, 1.807) is 24.9 Å². The summed E-state index contributed by atoms with van der Waals surface area (Å²) in [7, 11) is 1.93. The average molecular weight is 280 g/mol. The van der Waals surface area contributed by atoms with E-state index < -0.39 is 0 Å². The molecule has 0 spiro atoms. The van der Waals surface area contributed by atoms with Crippen molar-refractivity contribution < 1.29 is 0 Å². The minimum absolute atomic E-state index is 0.0491. The van der Waals surface area contributed by atoms with Crippen LogP contribution in [-0.4, -0.2) is 24.7 Å². The predicted molar refractivity (Wildman–Crippen MR) is 80.5 cm³/mol. The number of rotatable bonds is 4. The molecule has 2 aromatic heterocycles. The van der Waals surface area contributed by atoms with E-state index >= 15 is 0 Å². The van der Waals surface area contributed by atoms with Crippen LogP contribution < -0.4 is 5.32 Å². The van der Waals surface area contributed by atoms with Crippen molar-refractivity contribution in [1.29, 1.82) is 0 Å². The van der Waals surface area contributed by atoms with Gasteiger partial charge in [0.25, 0.3) is 0 Å². The normalized spacial score (nSPS) is 12.1. The van der Waals surface area contributed by atoms with E-state index in [-0.39, 0.29) is 6.04 Å². The molecule has 21 heavy (non-hydrogen) atoms. The minimum Gasteiger partial charge on any atom is -0.376 e. The van der Waals surface area contributed by atoms with Gasteiger partial charge in [0, 0.05) is 30.7 Å². The summed E-state index contributed by atoms with van der Waals surface area (Å²) in [6, 6.07) is 8.08. The van der Waals surface area contributed by atoms with E-state index in [2.05, 4.69) is 32.4 Å². The molecule has 1 N–H and O–H groups in total. The number of hydrogen-bond acceptors (Lipinski definition) is 5. The molecule has 1 aromatic carbocycles. The molecule has 6 nitrogen and oxygen atoms in total. The van der Waals surface area contributed by atoms with E-state index in [1.165, 1.54) is 0 Å². The zero-order chi connectivity index (χ0) is 14.7. The van der Waals surface area contributed by atoms with Crippen molar-refractivity contribution in [3.8, 4) is 11.4 Å². The molecule has 0 saturated carbocycles. The second-order valence-corrected chi connectivity index (χ2v) is 4.81. The highest BCUT2D eigenvalue weighted by atomic mass is 15.2. The molecule has 1 unspecified atom stereocenters. The first kappa shape index (κ1) is 13.2. The fraction of sp³-hybridized carbons (Fsp3) is 0.200. The van der Waals surface area contributed by atoms with Crippen molar-refractivity contribution >= 4 is 5.69 Å². The van der Waals surface area contributed by atoms with Crippen molar-refractivity contribution in [2.75, 3.05) is 5.32 Å². The summed E-state index contributed by atoms with van der Waals surface area (Å²) in [5, 5.41) is 11.6. The highest BCUT2D eigenvalue weighted by Crippen LogP contribution is 2.28. The van der Waals surface area contributed by atoms with E-state index in [1.807, 2.05) is 35.9 Å². The fourth-order valence-corrected chi connectivity index (χ4v) is 2.17. The molecule has 0 aliphatic carbocycles. The first-order valence-corrected chi connectivity index (χ1v) is 6.71. The summed E-state index contributed by atoms with van der Waals surface area (Å²) in [4.78, 5) is 8.43. The van der Waals surface area contributed by atoms with Crippen LogP contribution >= 0.6 is 0 Å². The van der Waals surface area contributed by atoms with Crippen molar-refractivity contribution in [2.45, 2.75) is 13.0 Å². The second-order valence-electron chi connectivity index (χ2n) is 4.81. The Morgan fingerprint density at radius 3 is 2.76 bits per heavy atom. The fourth-order valence-electron chi connectivity index (χ4n) is 2.17. The predicted octanol–water partition coefficient (Wildman–Crippen LogP) is 2.45. The Hall–Kier alpha value is -2.76. The Morgan fingerprint density at radius 1 is 1.19 bits per heavy atom. The summed E-state index contributed by atoms with van der Waals surface area (Å²) in [5.41, 5.74) is 2.89. The van der Waals surface area contributed by atoms with Crippen molar-refractivity contribution in [3.63, 3.8) is 0 Å². The van der Waals surface area contributed by atoms with E-state index in [4.69, 9.17) is 0 Å². The zero-order valence-corrected chi connectivity index (χ0v) is 11.9. The molecule has 2 heterocycles. The molecule has 0 fully saturated rings. The van der Waals surface area contributed by atoms with Gasteiger partial charge in [0.15, 0.2) is 5.82 Å². The SMILES string of the molecule is CC(Nc1ccccc1-c1nncn1C)c1cnccn1. The minimum atomic E-state index is 0.0491. The first-order valence-electron chi connectivity index (χ1n) is 6.71. The number of hydrogen-bond donors (Lipinski definition) is 1. The maximum absolute atomic E-state index is 4.33. The quantitative estimate of drug-likeness (QED) is 0.795. The molecule has 3 aromatic rings. The van der Waals surface area contributed by atoms with Crippen LogP contribution in [-0.2, 0) is 7.05 Å². The van der Waals surface area contributed by atoms with E-state index in [0.29, 0.717) is 0 Å². The van der Waals surface area contributed by atoms with Crippen molar-refractivity contribution in [1.82, 2.24) is 24.7 Å². The van der Waals surface area contributed by atoms with Gasteiger partial charge in [-0.25, -0.2) is 0 Å². The van der Waals surface area contributed by atoms with Crippen LogP contribution in [0.1, 0.15) is 18.7 Å². The van der Waals surface area contributed by atoms with Gasteiger partial charge in [0.2, 0.25) is 0 Å². The maximum Gasteiger partial charge on any atom is 0.165 e. The largest absolute Gasteiger partial charge is 0.376 e. The van der Waals surface area contributed by atoms with Crippen LogP contribution in [0.15, 0.2) is 49.2 Å². The number of anilines is 1. The van der Waals surface area contributed by atoms with Crippen LogP contribution in [0.25, 0.3) is 11.4 Å². The summed E-state index contributed by atoms with van der Waals surface area (Å²) in [5.74, 6) is 0.824. The monoisotopic (exact) mass is 280 g/mol. The Kier molecular flexibility index (Phi) is 3.59. The lowest BCUT2D eigenvalue weighted by atomic mass is 10.1. The molecular weight excluding hydrogens is 264 g/mol. The molecule has 106 valence electrons. The van der Waals surface area contributed by atoms with Gasteiger partial charge in [-0.2, -0.15) is 0 Å². The summed E-state index contributed by atoms with van der Waals surface area (Å²) < 4.78 is 1.90. The Labute approximate surface area is 122 Å². The first-order chi connectivity index (χ1) is 10.3. The van der Waals surface area contributed by atoms with Gasteiger partial charge in [-0.15, -0.1) is 10.2 Å². The van der Waals surface area contributed by atoms with Gasteiger partial charge in [-0.05, 0) is 19.1 Å². The smallest absolute Gasteiger partial charge is 0.165 e. The highest BCUT2D eigenvalue weighted by molar-refractivity contribution is 5.73. The topological polar surface area (TPSA) is 68.5 Å². The number of nitrogens with one attached hydrogen (secondary N) is 1. The molecule has 0 aliphatic rings. The molecule has 0 aliphatic heterocycles. The summed E-state index contributed by atoms with van der Waals surface area (Å²) >= 11 is 0. The van der Waals surface area contributed by atoms with Crippen LogP contribution in [0.5, 0.6) is 0 Å². The van der Waals surface area contributed by atoms with Gasteiger partial charge in [0.1, 0.15) is 6.33 Å².